The Morgan fingerprint density at radius 3 is 2.85 bits per heavy atom. The highest BCUT2D eigenvalue weighted by Crippen LogP contribution is 1.97. The van der Waals surface area contributed by atoms with Crippen molar-refractivity contribution in [3.63, 3.8) is 0 Å². The van der Waals surface area contributed by atoms with Crippen LogP contribution in [-0.4, -0.2) is 19.2 Å². The summed E-state index contributed by atoms with van der Waals surface area (Å²) in [6, 6.07) is 1.67. The zero-order valence-electron chi connectivity index (χ0n) is 7.45. The Morgan fingerprint density at radius 1 is 1.69 bits per heavy atom. The van der Waals surface area contributed by atoms with Gasteiger partial charge in [-0.15, -0.1) is 0 Å². The third-order valence-electron chi connectivity index (χ3n) is 1.04. The molecule has 0 radical (unpaired) electrons. The summed E-state index contributed by atoms with van der Waals surface area (Å²) < 4.78 is 9.39. The summed E-state index contributed by atoms with van der Waals surface area (Å²) in [6.45, 7) is 5.61. The molecule has 0 N–H and O–H groups in total. The maximum absolute atomic E-state index is 11.0. The Balaban J connectivity index is 4.16. The van der Waals surface area contributed by atoms with Crippen LogP contribution in [0.4, 0.5) is 0 Å². The standard InChI is InChI=1S/C9H11NO3/c1-3-5-13-9(11)8(6-10)7-12-4-2/h3,7H,1,4-5H2,2H3/b8-7-. The van der Waals surface area contributed by atoms with Gasteiger partial charge in [0, 0.05) is 0 Å². The second kappa shape index (κ2) is 6.92. The Bertz CT molecular complexity index is 250. The Labute approximate surface area is 77.1 Å². The molecule has 0 aliphatic rings. The van der Waals surface area contributed by atoms with Gasteiger partial charge in [0.2, 0.25) is 0 Å². The van der Waals surface area contributed by atoms with E-state index < -0.39 is 5.97 Å². The summed E-state index contributed by atoms with van der Waals surface area (Å²) in [4.78, 5) is 11.0. The smallest absolute Gasteiger partial charge is 0.352 e. The zero-order chi connectivity index (χ0) is 10.1. The van der Waals surface area contributed by atoms with Crippen LogP contribution in [0.2, 0.25) is 0 Å². The second-order valence-corrected chi connectivity index (χ2v) is 1.99. The molecule has 0 aliphatic heterocycles. The molecule has 0 aromatic heterocycles. The molecule has 0 bridgehead atoms. The molecule has 13 heavy (non-hydrogen) atoms. The van der Waals surface area contributed by atoms with E-state index >= 15 is 0 Å². The number of ether oxygens (including phenoxy) is 2. The summed E-state index contributed by atoms with van der Waals surface area (Å²) in [6.07, 6.45) is 2.51. The average molecular weight is 181 g/mol. The highest BCUT2D eigenvalue weighted by molar-refractivity contribution is 5.92. The van der Waals surface area contributed by atoms with Crippen LogP contribution >= 0.6 is 0 Å². The van der Waals surface area contributed by atoms with Crippen molar-refractivity contribution in [2.45, 2.75) is 6.92 Å². The highest BCUT2D eigenvalue weighted by Gasteiger charge is 2.09. The van der Waals surface area contributed by atoms with E-state index in [0.29, 0.717) is 6.61 Å². The first-order valence-electron chi connectivity index (χ1n) is 3.76. The minimum atomic E-state index is -0.698. The van der Waals surface area contributed by atoms with Crippen molar-refractivity contribution < 1.29 is 14.3 Å². The lowest BCUT2D eigenvalue weighted by Crippen LogP contribution is -2.07. The largest absolute Gasteiger partial charge is 0.500 e. The Kier molecular flexibility index (Phi) is 5.98. The molecule has 0 aliphatic carbocycles. The number of carbonyl (C=O) groups excluding carboxylic acids is 1. The molecule has 0 aromatic rings. The van der Waals surface area contributed by atoms with Gasteiger partial charge in [-0.05, 0) is 6.92 Å². The van der Waals surface area contributed by atoms with Crippen molar-refractivity contribution in [3.8, 4) is 6.07 Å². The molecule has 0 unspecified atom stereocenters. The third-order valence-corrected chi connectivity index (χ3v) is 1.04. The molecule has 0 fully saturated rings. The van der Waals surface area contributed by atoms with Crippen LogP contribution in [0.5, 0.6) is 0 Å². The summed E-state index contributed by atoms with van der Waals surface area (Å²) >= 11 is 0. The van der Waals surface area contributed by atoms with E-state index in [1.54, 1.807) is 13.0 Å². The van der Waals surface area contributed by atoms with Gasteiger partial charge in [-0.1, -0.05) is 12.7 Å². The van der Waals surface area contributed by atoms with Crippen LogP contribution in [-0.2, 0) is 14.3 Å². The molecular formula is C9H11NO3. The van der Waals surface area contributed by atoms with Crippen molar-refractivity contribution in [1.29, 1.82) is 5.26 Å². The maximum Gasteiger partial charge on any atom is 0.352 e. The molecule has 0 saturated heterocycles. The van der Waals surface area contributed by atoms with E-state index in [1.165, 1.54) is 6.08 Å². The molecular weight excluding hydrogens is 170 g/mol. The Morgan fingerprint density at radius 2 is 2.38 bits per heavy atom. The monoisotopic (exact) mass is 181 g/mol. The molecule has 0 spiro atoms. The summed E-state index contributed by atoms with van der Waals surface area (Å²) in [5.41, 5.74) is -0.149. The average Bonchev–Trinajstić information content (AvgIpc) is 2.16. The molecule has 0 atom stereocenters. The van der Waals surface area contributed by atoms with E-state index in [-0.39, 0.29) is 12.2 Å². The number of hydrogen-bond acceptors (Lipinski definition) is 4. The quantitative estimate of drug-likeness (QED) is 0.210. The minimum absolute atomic E-state index is 0.0873. The predicted octanol–water partition coefficient (Wildman–Crippen LogP) is 1.16. The van der Waals surface area contributed by atoms with Gasteiger partial charge in [0.15, 0.2) is 5.57 Å². The topological polar surface area (TPSA) is 59.3 Å². The van der Waals surface area contributed by atoms with Crippen molar-refractivity contribution in [1.82, 2.24) is 0 Å². The first-order valence-corrected chi connectivity index (χ1v) is 3.76. The zero-order valence-corrected chi connectivity index (χ0v) is 7.45. The van der Waals surface area contributed by atoms with E-state index in [1.807, 2.05) is 0 Å². The van der Waals surface area contributed by atoms with Gasteiger partial charge in [0.1, 0.15) is 18.9 Å². The third kappa shape index (κ3) is 4.64. The lowest BCUT2D eigenvalue weighted by Gasteiger charge is -1.99. The molecule has 4 heteroatoms. The lowest BCUT2D eigenvalue weighted by molar-refractivity contribution is -0.137. The van der Waals surface area contributed by atoms with Crippen LogP contribution in [0.15, 0.2) is 24.5 Å². The normalized spacial score (nSPS) is 10.0. The summed E-state index contributed by atoms with van der Waals surface area (Å²) in [5, 5.41) is 8.50. The summed E-state index contributed by atoms with van der Waals surface area (Å²) in [5.74, 6) is -0.698. The number of carbonyl (C=O) groups is 1. The number of hydrogen-bond donors (Lipinski definition) is 0. The number of nitrogens with zero attached hydrogens (tertiary/aromatic N) is 1. The molecule has 0 saturated carbocycles. The number of esters is 1. The van der Waals surface area contributed by atoms with Gasteiger partial charge in [-0.25, -0.2) is 4.79 Å². The molecule has 70 valence electrons. The van der Waals surface area contributed by atoms with Gasteiger partial charge in [0.05, 0.1) is 6.61 Å². The van der Waals surface area contributed by atoms with Crippen molar-refractivity contribution in [2.75, 3.05) is 13.2 Å². The Hall–Kier alpha value is -1.76. The SMILES string of the molecule is C=CCOC(=O)/C(C#N)=C\OCC. The number of nitriles is 1. The van der Waals surface area contributed by atoms with E-state index in [0.717, 1.165) is 6.26 Å². The maximum atomic E-state index is 11.0. The molecule has 0 aromatic carbocycles. The van der Waals surface area contributed by atoms with Gasteiger partial charge >= 0.3 is 5.97 Å². The van der Waals surface area contributed by atoms with Gasteiger partial charge < -0.3 is 9.47 Å². The van der Waals surface area contributed by atoms with E-state index in [9.17, 15) is 4.79 Å². The molecule has 0 heterocycles. The lowest BCUT2D eigenvalue weighted by atomic mass is 10.3. The fourth-order valence-corrected chi connectivity index (χ4v) is 0.499. The van der Waals surface area contributed by atoms with Crippen molar-refractivity contribution in [2.24, 2.45) is 0 Å². The summed E-state index contributed by atoms with van der Waals surface area (Å²) in [7, 11) is 0. The molecule has 0 rings (SSSR count). The molecule has 4 nitrogen and oxygen atoms in total. The second-order valence-electron chi connectivity index (χ2n) is 1.99. The van der Waals surface area contributed by atoms with Gasteiger partial charge in [-0.2, -0.15) is 5.26 Å². The van der Waals surface area contributed by atoms with Crippen LogP contribution in [0.25, 0.3) is 0 Å². The fraction of sp³-hybridized carbons (Fsp3) is 0.333. The van der Waals surface area contributed by atoms with Crippen molar-refractivity contribution in [3.05, 3.63) is 24.5 Å². The first-order chi connectivity index (χ1) is 6.26. The van der Waals surface area contributed by atoms with E-state index in [4.69, 9.17) is 10.00 Å². The van der Waals surface area contributed by atoms with Crippen LogP contribution in [0, 0.1) is 11.3 Å². The molecule has 0 amide bonds. The van der Waals surface area contributed by atoms with Crippen LogP contribution in [0.3, 0.4) is 0 Å². The fourth-order valence-electron chi connectivity index (χ4n) is 0.499. The van der Waals surface area contributed by atoms with Crippen LogP contribution in [0.1, 0.15) is 6.92 Å². The minimum Gasteiger partial charge on any atom is -0.500 e. The van der Waals surface area contributed by atoms with Crippen LogP contribution < -0.4 is 0 Å². The van der Waals surface area contributed by atoms with E-state index in [2.05, 4.69) is 11.3 Å². The van der Waals surface area contributed by atoms with Gasteiger partial charge in [-0.3, -0.25) is 0 Å². The first kappa shape index (κ1) is 11.2. The highest BCUT2D eigenvalue weighted by atomic mass is 16.5. The number of rotatable bonds is 5. The van der Waals surface area contributed by atoms with Gasteiger partial charge in [0.25, 0.3) is 0 Å². The van der Waals surface area contributed by atoms with Crippen molar-refractivity contribution >= 4 is 5.97 Å². The predicted molar refractivity (Wildman–Crippen MR) is 46.5 cm³/mol.